The molecule has 4 bridgehead atoms. The van der Waals surface area contributed by atoms with Gasteiger partial charge in [-0.1, -0.05) is 50.0 Å². The van der Waals surface area contributed by atoms with Crippen molar-refractivity contribution < 1.29 is 38.4 Å². The molecule has 4 fully saturated rings. The summed E-state index contributed by atoms with van der Waals surface area (Å²) in [4.78, 5) is 84.5. The molecule has 8 atom stereocenters. The minimum atomic E-state index is -0.801. The number of hydrogen-bond acceptors (Lipinski definition) is 8. The van der Waals surface area contributed by atoms with Gasteiger partial charge in [0.25, 0.3) is 23.6 Å². The topological polar surface area (TPSA) is 151 Å². The lowest BCUT2D eigenvalue weighted by Gasteiger charge is -2.16. The van der Waals surface area contributed by atoms with Gasteiger partial charge in [-0.2, -0.15) is 0 Å². The maximum Gasteiger partial charge on any atom is 0.432 e. The lowest BCUT2D eigenvalue weighted by atomic mass is 9.85. The fraction of sp³-hybridized carbons (Fsp3) is 0.643. The number of imide groups is 2. The van der Waals surface area contributed by atoms with E-state index in [1.54, 1.807) is 0 Å². The predicted octanol–water partition coefficient (Wildman–Crippen LogP) is 2.22. The molecule has 0 spiro atoms. The molecule has 6 aliphatic rings. The molecule has 214 valence electrons. The summed E-state index contributed by atoms with van der Waals surface area (Å²) in [7, 11) is 0. The Morgan fingerprint density at radius 1 is 0.575 bits per heavy atom. The summed E-state index contributed by atoms with van der Waals surface area (Å²) in [5.41, 5.74) is 0. The van der Waals surface area contributed by atoms with E-state index in [9.17, 15) is 28.8 Å². The second kappa shape index (κ2) is 10.7. The van der Waals surface area contributed by atoms with E-state index in [1.807, 2.05) is 24.3 Å². The first-order chi connectivity index (χ1) is 19.3. The summed E-state index contributed by atoms with van der Waals surface area (Å²) in [6.45, 7) is 0.741. The van der Waals surface area contributed by atoms with Gasteiger partial charge in [0.2, 0.25) is 0 Å². The van der Waals surface area contributed by atoms with Crippen molar-refractivity contribution in [2.75, 3.05) is 13.1 Å². The number of fused-ring (bicyclic) bond motifs is 10. The van der Waals surface area contributed by atoms with Gasteiger partial charge >= 0.3 is 12.2 Å². The molecule has 2 N–H and O–H groups in total. The minimum Gasteiger partial charge on any atom is -0.320 e. The lowest BCUT2D eigenvalue weighted by molar-refractivity contribution is -0.175. The number of unbranched alkanes of at least 4 members (excludes halogenated alkanes) is 5. The SMILES string of the molecule is O=C(NCCCCCCCCNC(=O)ON1C(=O)C2C3C=CC(C3)C2C1=O)ON1C(=O)C2C3C=CC(C3)C2C1=O. The smallest absolute Gasteiger partial charge is 0.320 e. The average Bonchev–Trinajstić information content (AvgIpc) is 3.78. The van der Waals surface area contributed by atoms with Crippen LogP contribution in [0.4, 0.5) is 9.59 Å². The first-order valence-corrected chi connectivity index (χ1v) is 14.4. The van der Waals surface area contributed by atoms with Crippen molar-refractivity contribution in [2.45, 2.75) is 51.4 Å². The molecule has 6 rings (SSSR count). The highest BCUT2D eigenvalue weighted by molar-refractivity contribution is 6.06. The van der Waals surface area contributed by atoms with Crippen molar-refractivity contribution in [3.05, 3.63) is 24.3 Å². The molecule has 8 unspecified atom stereocenters. The Kier molecular flexibility index (Phi) is 7.09. The summed E-state index contributed by atoms with van der Waals surface area (Å²) >= 11 is 0. The van der Waals surface area contributed by atoms with E-state index in [0.29, 0.717) is 23.2 Å². The van der Waals surface area contributed by atoms with Crippen LogP contribution in [0, 0.1) is 47.3 Å². The van der Waals surface area contributed by atoms with Gasteiger partial charge in [0.05, 0.1) is 23.7 Å². The molecule has 2 aliphatic heterocycles. The van der Waals surface area contributed by atoms with Gasteiger partial charge in [0.15, 0.2) is 0 Å². The molecule has 2 saturated carbocycles. The molecule has 0 aromatic rings. The Morgan fingerprint density at radius 3 is 1.20 bits per heavy atom. The van der Waals surface area contributed by atoms with Crippen molar-refractivity contribution in [3.8, 4) is 0 Å². The van der Waals surface area contributed by atoms with Crippen LogP contribution in [0.2, 0.25) is 0 Å². The molecule has 12 heteroatoms. The molecular formula is C28H34N4O8. The highest BCUT2D eigenvalue weighted by atomic mass is 16.7. The molecular weight excluding hydrogens is 520 g/mol. The van der Waals surface area contributed by atoms with Gasteiger partial charge in [-0.15, -0.1) is 10.1 Å². The Morgan fingerprint density at radius 2 is 0.875 bits per heavy atom. The molecule has 0 radical (unpaired) electrons. The van der Waals surface area contributed by atoms with Crippen LogP contribution in [0.1, 0.15) is 51.4 Å². The second-order valence-electron chi connectivity index (χ2n) is 11.7. The van der Waals surface area contributed by atoms with Gasteiger partial charge in [0, 0.05) is 13.1 Å². The Bertz CT molecular complexity index is 1030. The summed E-state index contributed by atoms with van der Waals surface area (Å²) in [5.74, 6) is -3.04. The van der Waals surface area contributed by atoms with Crippen molar-refractivity contribution in [2.24, 2.45) is 47.3 Å². The Balaban J connectivity index is 0.783. The zero-order valence-corrected chi connectivity index (χ0v) is 22.2. The third-order valence-electron chi connectivity index (χ3n) is 9.35. The molecule has 12 nitrogen and oxygen atoms in total. The Hall–Kier alpha value is -3.70. The van der Waals surface area contributed by atoms with E-state index >= 15 is 0 Å². The van der Waals surface area contributed by atoms with Crippen LogP contribution < -0.4 is 10.6 Å². The number of rotatable bonds is 11. The van der Waals surface area contributed by atoms with Gasteiger partial charge in [-0.25, -0.2) is 9.59 Å². The van der Waals surface area contributed by atoms with Crippen LogP contribution in [0.3, 0.4) is 0 Å². The maximum absolute atomic E-state index is 12.6. The van der Waals surface area contributed by atoms with Gasteiger partial charge in [0.1, 0.15) is 0 Å². The van der Waals surface area contributed by atoms with Gasteiger partial charge < -0.3 is 20.3 Å². The Labute approximate surface area is 231 Å². The first kappa shape index (κ1) is 26.5. The van der Waals surface area contributed by atoms with Crippen LogP contribution >= 0.6 is 0 Å². The molecule has 40 heavy (non-hydrogen) atoms. The van der Waals surface area contributed by atoms with Gasteiger partial charge in [-0.05, 0) is 49.4 Å². The molecule has 0 aromatic carbocycles. The normalized spacial score (nSPS) is 34.2. The van der Waals surface area contributed by atoms with E-state index in [4.69, 9.17) is 9.68 Å². The summed E-state index contributed by atoms with van der Waals surface area (Å²) in [5, 5.41) is 6.48. The van der Waals surface area contributed by atoms with Crippen LogP contribution in [-0.4, -0.2) is 59.0 Å². The van der Waals surface area contributed by atoms with E-state index in [2.05, 4.69) is 10.6 Å². The molecule has 2 saturated heterocycles. The van der Waals surface area contributed by atoms with E-state index in [1.165, 1.54) is 0 Å². The van der Waals surface area contributed by atoms with Crippen LogP contribution in [0.15, 0.2) is 24.3 Å². The highest BCUT2D eigenvalue weighted by Gasteiger charge is 2.62. The minimum absolute atomic E-state index is 0.0618. The quantitative estimate of drug-likeness (QED) is 0.224. The third kappa shape index (κ3) is 4.56. The fourth-order valence-corrected chi connectivity index (χ4v) is 7.50. The maximum atomic E-state index is 12.6. The second-order valence-corrected chi connectivity index (χ2v) is 11.7. The van der Waals surface area contributed by atoms with Crippen molar-refractivity contribution in [1.82, 2.24) is 20.8 Å². The molecule has 4 aliphatic carbocycles. The summed E-state index contributed by atoms with van der Waals surface area (Å²) in [6.07, 6.45) is 13.0. The largest absolute Gasteiger partial charge is 0.432 e. The number of hydroxylamine groups is 4. The highest BCUT2D eigenvalue weighted by Crippen LogP contribution is 2.53. The van der Waals surface area contributed by atoms with Crippen molar-refractivity contribution >= 4 is 35.8 Å². The predicted molar refractivity (Wildman–Crippen MR) is 136 cm³/mol. The van der Waals surface area contributed by atoms with Crippen molar-refractivity contribution in [1.29, 1.82) is 0 Å². The number of carbonyl (C=O) groups is 6. The molecule has 0 aromatic heterocycles. The lowest BCUT2D eigenvalue weighted by Crippen LogP contribution is -2.39. The third-order valence-corrected chi connectivity index (χ3v) is 9.35. The van der Waals surface area contributed by atoms with Crippen molar-refractivity contribution in [3.63, 3.8) is 0 Å². The summed E-state index contributed by atoms with van der Waals surface area (Å²) < 4.78 is 0. The fourth-order valence-electron chi connectivity index (χ4n) is 7.50. The average molecular weight is 555 g/mol. The zero-order chi connectivity index (χ0) is 28.0. The standard InChI is InChI=1S/C28H34N4O8/c33-23-19-15-7-8-16(13-15)20(19)24(34)31(23)39-27(37)29-11-5-3-1-2-4-6-12-30-28(38)40-32-25(35)21-17-9-10-18(14-17)22(21)26(32)36/h7-10,15-22H,1-6,11-14H2,(H,29,37)(H,30,38). The summed E-state index contributed by atoms with van der Waals surface area (Å²) in [6, 6.07) is 0. The molecule has 6 amide bonds. The number of nitrogens with one attached hydrogen (secondary N) is 2. The monoisotopic (exact) mass is 554 g/mol. The van der Waals surface area contributed by atoms with Crippen LogP contribution in [-0.2, 0) is 28.9 Å². The zero-order valence-electron chi connectivity index (χ0n) is 22.2. The van der Waals surface area contributed by atoms with Gasteiger partial charge in [-0.3, -0.25) is 19.2 Å². The van der Waals surface area contributed by atoms with E-state index in [0.717, 1.165) is 51.4 Å². The number of hydrogen-bond donors (Lipinski definition) is 2. The molecule has 2 heterocycles. The van der Waals surface area contributed by atoms with Crippen LogP contribution in [0.25, 0.3) is 0 Å². The number of allylic oxidation sites excluding steroid dienone is 4. The number of carbonyl (C=O) groups excluding carboxylic acids is 6. The number of nitrogens with zero attached hydrogens (tertiary/aromatic N) is 2. The number of amides is 6. The van der Waals surface area contributed by atoms with E-state index < -0.39 is 59.5 Å². The van der Waals surface area contributed by atoms with E-state index in [-0.39, 0.29) is 23.7 Å². The first-order valence-electron chi connectivity index (χ1n) is 14.4. The van der Waals surface area contributed by atoms with Crippen LogP contribution in [0.5, 0.6) is 0 Å².